The van der Waals surface area contributed by atoms with Gasteiger partial charge in [0.25, 0.3) is 0 Å². The fourth-order valence-corrected chi connectivity index (χ4v) is 2.26. The second-order valence-corrected chi connectivity index (χ2v) is 4.96. The Labute approximate surface area is 80.2 Å². The topological polar surface area (TPSA) is 36.3 Å². The predicted octanol–water partition coefficient (Wildman–Crippen LogP) is 2.44. The Kier molecular flexibility index (Phi) is 2.53. The first-order valence-corrected chi connectivity index (χ1v) is 4.76. The molecule has 0 radical (unpaired) electrons. The van der Waals surface area contributed by atoms with E-state index in [2.05, 4.69) is 27.7 Å². The van der Waals surface area contributed by atoms with E-state index in [-0.39, 0.29) is 11.1 Å². The Morgan fingerprint density at radius 1 is 1.15 bits per heavy atom. The fourth-order valence-electron chi connectivity index (χ4n) is 2.26. The normalized spacial score (nSPS) is 26.4. The van der Waals surface area contributed by atoms with Crippen LogP contribution in [0.3, 0.4) is 0 Å². The maximum absolute atomic E-state index is 8.57. The van der Waals surface area contributed by atoms with E-state index in [4.69, 9.17) is 10.1 Å². The summed E-state index contributed by atoms with van der Waals surface area (Å²) in [6, 6.07) is 0. The summed E-state index contributed by atoms with van der Waals surface area (Å²) < 4.78 is 0. The Balaban J connectivity index is 2.85. The van der Waals surface area contributed by atoms with Gasteiger partial charge in [-0.3, -0.25) is 0 Å². The molecule has 1 aliphatic rings. The van der Waals surface area contributed by atoms with E-state index in [1.54, 1.807) is 6.26 Å². The van der Waals surface area contributed by atoms with Crippen molar-refractivity contribution in [1.82, 2.24) is 5.06 Å². The highest BCUT2D eigenvalue weighted by Gasteiger charge is 2.43. The third-order valence-electron chi connectivity index (χ3n) is 2.81. The molecule has 0 saturated carbocycles. The minimum absolute atomic E-state index is 0.0303. The van der Waals surface area contributed by atoms with Crippen LogP contribution in [0.15, 0.2) is 0 Å². The molecule has 0 aromatic carbocycles. The standard InChI is InChI=1S/C10H18N2O/c1-9(2)6-5-7-10(3,4)12(9)13-8-11/h5-7H2,1-4H3. The van der Waals surface area contributed by atoms with Crippen LogP contribution in [0.5, 0.6) is 0 Å². The molecule has 1 saturated heterocycles. The van der Waals surface area contributed by atoms with Gasteiger partial charge in [0, 0.05) is 0 Å². The third kappa shape index (κ3) is 1.94. The lowest BCUT2D eigenvalue weighted by atomic mass is 9.82. The van der Waals surface area contributed by atoms with Crippen molar-refractivity contribution in [2.45, 2.75) is 58.0 Å². The Morgan fingerprint density at radius 2 is 1.62 bits per heavy atom. The Bertz CT molecular complexity index is 212. The number of hydroxylamine groups is 2. The zero-order valence-corrected chi connectivity index (χ0v) is 8.92. The van der Waals surface area contributed by atoms with E-state index in [1.807, 2.05) is 5.06 Å². The molecular weight excluding hydrogens is 164 g/mol. The average molecular weight is 182 g/mol. The highest BCUT2D eigenvalue weighted by atomic mass is 16.7. The molecule has 1 fully saturated rings. The molecule has 3 nitrogen and oxygen atoms in total. The summed E-state index contributed by atoms with van der Waals surface area (Å²) in [6.07, 6.45) is 5.14. The SMILES string of the molecule is CC1(C)CCCC(C)(C)N1OC#N. The molecule has 0 atom stereocenters. The zero-order valence-electron chi connectivity index (χ0n) is 8.92. The van der Waals surface area contributed by atoms with Crippen LogP contribution < -0.4 is 0 Å². The van der Waals surface area contributed by atoms with E-state index in [0.717, 1.165) is 12.8 Å². The van der Waals surface area contributed by atoms with Gasteiger partial charge in [-0.15, -0.1) is 10.3 Å². The molecule has 0 aliphatic carbocycles. The van der Waals surface area contributed by atoms with Gasteiger partial charge in [-0.1, -0.05) is 0 Å². The molecule has 1 rings (SSSR count). The highest BCUT2D eigenvalue weighted by Crippen LogP contribution is 2.37. The minimum Gasteiger partial charge on any atom is -0.326 e. The molecule has 0 aromatic rings. The molecule has 0 aromatic heterocycles. The number of hydrogen-bond donors (Lipinski definition) is 0. The van der Waals surface area contributed by atoms with Gasteiger partial charge in [-0.2, -0.15) is 0 Å². The van der Waals surface area contributed by atoms with Crippen LogP contribution in [-0.4, -0.2) is 16.1 Å². The molecule has 74 valence electrons. The van der Waals surface area contributed by atoms with Gasteiger partial charge in [-0.05, 0) is 47.0 Å². The summed E-state index contributed by atoms with van der Waals surface area (Å²) in [5.41, 5.74) is -0.0606. The van der Waals surface area contributed by atoms with Crippen LogP contribution >= 0.6 is 0 Å². The first kappa shape index (κ1) is 10.3. The van der Waals surface area contributed by atoms with E-state index in [9.17, 15) is 0 Å². The van der Waals surface area contributed by atoms with E-state index in [0.29, 0.717) is 0 Å². The highest BCUT2D eigenvalue weighted by molar-refractivity contribution is 4.93. The number of rotatable bonds is 1. The van der Waals surface area contributed by atoms with Crippen LogP contribution in [0, 0.1) is 11.5 Å². The summed E-state index contributed by atoms with van der Waals surface area (Å²) in [6.45, 7) is 8.47. The Hall–Kier alpha value is -0.750. The second-order valence-electron chi connectivity index (χ2n) is 4.96. The molecule has 0 bridgehead atoms. The zero-order chi connectivity index (χ0) is 10.1. The van der Waals surface area contributed by atoms with Crippen molar-refractivity contribution in [3.8, 4) is 6.26 Å². The average Bonchev–Trinajstić information content (AvgIpc) is 1.96. The molecule has 0 N–H and O–H groups in total. The molecule has 0 unspecified atom stereocenters. The van der Waals surface area contributed by atoms with Gasteiger partial charge in [0.05, 0.1) is 11.1 Å². The maximum atomic E-state index is 8.57. The molecule has 1 aliphatic heterocycles. The molecule has 3 heteroatoms. The molecular formula is C10H18N2O. The first-order chi connectivity index (χ1) is 5.90. The summed E-state index contributed by atoms with van der Waals surface area (Å²) in [7, 11) is 0. The van der Waals surface area contributed by atoms with Crippen molar-refractivity contribution in [2.24, 2.45) is 0 Å². The van der Waals surface area contributed by atoms with Crippen molar-refractivity contribution in [2.75, 3.05) is 0 Å². The maximum Gasteiger partial charge on any atom is 0.307 e. The lowest BCUT2D eigenvalue weighted by molar-refractivity contribution is -0.239. The summed E-state index contributed by atoms with van der Waals surface area (Å²) >= 11 is 0. The predicted molar refractivity (Wildman–Crippen MR) is 50.5 cm³/mol. The van der Waals surface area contributed by atoms with Gasteiger partial charge >= 0.3 is 6.26 Å². The van der Waals surface area contributed by atoms with E-state index in [1.165, 1.54) is 6.42 Å². The van der Waals surface area contributed by atoms with Crippen LogP contribution in [0.2, 0.25) is 0 Å². The summed E-state index contributed by atoms with van der Waals surface area (Å²) in [4.78, 5) is 5.05. The van der Waals surface area contributed by atoms with Crippen LogP contribution in [-0.2, 0) is 4.84 Å². The van der Waals surface area contributed by atoms with Gasteiger partial charge in [-0.25, -0.2) is 0 Å². The summed E-state index contributed by atoms with van der Waals surface area (Å²) in [5, 5.41) is 10.4. The lowest BCUT2D eigenvalue weighted by Gasteiger charge is -2.48. The van der Waals surface area contributed by atoms with Crippen LogP contribution in [0.25, 0.3) is 0 Å². The summed E-state index contributed by atoms with van der Waals surface area (Å²) in [5.74, 6) is 0. The number of piperidine rings is 1. The van der Waals surface area contributed by atoms with Crippen LogP contribution in [0.4, 0.5) is 0 Å². The van der Waals surface area contributed by atoms with Crippen LogP contribution in [0.1, 0.15) is 47.0 Å². The van der Waals surface area contributed by atoms with Crippen molar-refractivity contribution in [3.63, 3.8) is 0 Å². The number of nitriles is 1. The van der Waals surface area contributed by atoms with Crippen molar-refractivity contribution in [1.29, 1.82) is 5.26 Å². The van der Waals surface area contributed by atoms with Gasteiger partial charge < -0.3 is 4.84 Å². The largest absolute Gasteiger partial charge is 0.326 e. The lowest BCUT2D eigenvalue weighted by Crippen LogP contribution is -2.57. The minimum atomic E-state index is -0.0303. The monoisotopic (exact) mass is 182 g/mol. The molecule has 1 heterocycles. The quantitative estimate of drug-likeness (QED) is 0.584. The Morgan fingerprint density at radius 3 is 2.00 bits per heavy atom. The fraction of sp³-hybridized carbons (Fsp3) is 0.900. The van der Waals surface area contributed by atoms with E-state index < -0.39 is 0 Å². The molecule has 0 amide bonds. The van der Waals surface area contributed by atoms with Crippen molar-refractivity contribution >= 4 is 0 Å². The van der Waals surface area contributed by atoms with Gasteiger partial charge in [0.1, 0.15) is 0 Å². The van der Waals surface area contributed by atoms with Gasteiger partial charge in [0.15, 0.2) is 0 Å². The second kappa shape index (κ2) is 3.19. The number of hydrogen-bond acceptors (Lipinski definition) is 3. The number of nitrogens with zero attached hydrogens (tertiary/aromatic N) is 2. The van der Waals surface area contributed by atoms with Crippen molar-refractivity contribution in [3.05, 3.63) is 0 Å². The first-order valence-electron chi connectivity index (χ1n) is 4.76. The molecule has 0 spiro atoms. The van der Waals surface area contributed by atoms with Gasteiger partial charge in [0.2, 0.25) is 0 Å². The van der Waals surface area contributed by atoms with Crippen molar-refractivity contribution < 1.29 is 4.84 Å². The smallest absolute Gasteiger partial charge is 0.307 e. The molecule has 13 heavy (non-hydrogen) atoms. The third-order valence-corrected chi connectivity index (χ3v) is 2.81. The van der Waals surface area contributed by atoms with E-state index >= 15 is 0 Å².